The van der Waals surface area contributed by atoms with Crippen LogP contribution in [0.15, 0.2) is 30.3 Å². The highest BCUT2D eigenvalue weighted by atomic mass is 32.1. The van der Waals surface area contributed by atoms with E-state index in [1.165, 1.54) is 19.5 Å². The van der Waals surface area contributed by atoms with E-state index in [1.807, 2.05) is 18.2 Å². The SMILES string of the molecule is O=C(NCCS)c1cc2sc3ccccc3c2s1. The van der Waals surface area contributed by atoms with Crippen LogP contribution < -0.4 is 5.32 Å². The Morgan fingerprint density at radius 2 is 2.06 bits per heavy atom. The maximum atomic E-state index is 11.9. The van der Waals surface area contributed by atoms with E-state index >= 15 is 0 Å². The molecule has 2 nitrogen and oxygen atoms in total. The van der Waals surface area contributed by atoms with Crippen LogP contribution in [-0.2, 0) is 0 Å². The predicted octanol–water partition coefficient (Wildman–Crippen LogP) is 3.78. The van der Waals surface area contributed by atoms with Crippen molar-refractivity contribution in [2.24, 2.45) is 0 Å². The molecule has 5 heteroatoms. The van der Waals surface area contributed by atoms with E-state index in [1.54, 1.807) is 22.7 Å². The fourth-order valence-corrected chi connectivity index (χ4v) is 4.42. The van der Waals surface area contributed by atoms with Crippen LogP contribution in [0.3, 0.4) is 0 Å². The molecule has 0 bridgehead atoms. The number of carbonyl (C=O) groups excluding carboxylic acids is 1. The van der Waals surface area contributed by atoms with Crippen molar-refractivity contribution in [1.82, 2.24) is 5.32 Å². The third kappa shape index (κ3) is 2.02. The third-order valence-corrected chi connectivity index (χ3v) is 5.31. The Hall–Kier alpha value is -1.04. The topological polar surface area (TPSA) is 29.1 Å². The number of thiophene rings is 2. The molecule has 1 aromatic carbocycles. The van der Waals surface area contributed by atoms with Crippen molar-refractivity contribution in [3.05, 3.63) is 35.2 Å². The summed E-state index contributed by atoms with van der Waals surface area (Å²) >= 11 is 7.39. The molecule has 0 radical (unpaired) electrons. The number of thiol groups is 1. The number of hydrogen-bond donors (Lipinski definition) is 2. The second kappa shape index (κ2) is 4.91. The largest absolute Gasteiger partial charge is 0.351 e. The lowest BCUT2D eigenvalue weighted by atomic mass is 10.2. The maximum Gasteiger partial charge on any atom is 0.261 e. The summed E-state index contributed by atoms with van der Waals surface area (Å²) in [6.45, 7) is 0.605. The fourth-order valence-electron chi connectivity index (χ4n) is 1.87. The highest BCUT2D eigenvalue weighted by molar-refractivity contribution is 7.80. The minimum atomic E-state index is 0.00142. The molecule has 0 unspecified atom stereocenters. The molecule has 0 aliphatic carbocycles. The Morgan fingerprint density at radius 3 is 2.89 bits per heavy atom. The molecule has 2 aromatic heterocycles. The lowest BCUT2D eigenvalue weighted by molar-refractivity contribution is 0.0960. The van der Waals surface area contributed by atoms with Gasteiger partial charge in [0.2, 0.25) is 0 Å². The summed E-state index contributed by atoms with van der Waals surface area (Å²) < 4.78 is 3.69. The van der Waals surface area contributed by atoms with Crippen LogP contribution in [0.25, 0.3) is 19.5 Å². The molecule has 0 saturated carbocycles. The normalized spacial score (nSPS) is 11.2. The highest BCUT2D eigenvalue weighted by Crippen LogP contribution is 2.39. The van der Waals surface area contributed by atoms with E-state index in [0.29, 0.717) is 12.3 Å². The lowest BCUT2D eigenvalue weighted by Crippen LogP contribution is -2.24. The number of hydrogen-bond acceptors (Lipinski definition) is 4. The molecule has 18 heavy (non-hydrogen) atoms. The van der Waals surface area contributed by atoms with Gasteiger partial charge in [0.1, 0.15) is 0 Å². The van der Waals surface area contributed by atoms with Crippen molar-refractivity contribution >= 4 is 60.7 Å². The number of nitrogens with one attached hydrogen (secondary N) is 1. The van der Waals surface area contributed by atoms with Gasteiger partial charge in [0.05, 0.1) is 9.58 Å². The van der Waals surface area contributed by atoms with Crippen LogP contribution in [0.5, 0.6) is 0 Å². The second-order valence-electron chi connectivity index (χ2n) is 3.88. The van der Waals surface area contributed by atoms with E-state index in [0.717, 1.165) is 4.88 Å². The molecule has 92 valence electrons. The summed E-state index contributed by atoms with van der Waals surface area (Å²) in [5, 5.41) is 4.09. The van der Waals surface area contributed by atoms with Crippen molar-refractivity contribution in [3.8, 4) is 0 Å². The minimum absolute atomic E-state index is 0.00142. The predicted molar refractivity (Wildman–Crippen MR) is 83.4 cm³/mol. The van der Waals surface area contributed by atoms with E-state index in [4.69, 9.17) is 0 Å². The van der Waals surface area contributed by atoms with Gasteiger partial charge in [0.15, 0.2) is 0 Å². The van der Waals surface area contributed by atoms with Gasteiger partial charge < -0.3 is 5.32 Å². The molecule has 3 rings (SSSR count). The summed E-state index contributed by atoms with van der Waals surface area (Å²) in [5.41, 5.74) is 0. The maximum absolute atomic E-state index is 11.9. The average Bonchev–Trinajstić information content (AvgIpc) is 2.93. The Labute approximate surface area is 118 Å². The van der Waals surface area contributed by atoms with Crippen molar-refractivity contribution < 1.29 is 4.79 Å². The van der Waals surface area contributed by atoms with Gasteiger partial charge in [-0.2, -0.15) is 12.6 Å². The van der Waals surface area contributed by atoms with E-state index in [-0.39, 0.29) is 5.91 Å². The molecule has 3 aromatic rings. The minimum Gasteiger partial charge on any atom is -0.351 e. The van der Waals surface area contributed by atoms with Crippen LogP contribution in [-0.4, -0.2) is 18.2 Å². The average molecular weight is 293 g/mol. The Morgan fingerprint density at radius 1 is 1.22 bits per heavy atom. The summed E-state index contributed by atoms with van der Waals surface area (Å²) in [5.74, 6) is 0.663. The zero-order valence-electron chi connectivity index (χ0n) is 9.47. The number of rotatable bonds is 3. The quantitative estimate of drug-likeness (QED) is 0.707. The van der Waals surface area contributed by atoms with Gasteiger partial charge in [-0.1, -0.05) is 18.2 Å². The van der Waals surface area contributed by atoms with E-state index in [9.17, 15) is 4.79 Å². The Bertz CT molecular complexity index is 713. The number of benzene rings is 1. The number of fused-ring (bicyclic) bond motifs is 3. The molecule has 1 N–H and O–H groups in total. The van der Waals surface area contributed by atoms with Gasteiger partial charge in [-0.25, -0.2) is 0 Å². The van der Waals surface area contributed by atoms with Crippen LogP contribution in [0.4, 0.5) is 0 Å². The molecule has 0 fully saturated rings. The molecule has 0 aliphatic heterocycles. The first kappa shape index (κ1) is 12.0. The summed E-state index contributed by atoms with van der Waals surface area (Å²) in [6, 6.07) is 10.3. The van der Waals surface area contributed by atoms with Gasteiger partial charge in [0.25, 0.3) is 5.91 Å². The third-order valence-electron chi connectivity index (χ3n) is 2.67. The molecule has 0 atom stereocenters. The molecule has 0 aliphatic rings. The van der Waals surface area contributed by atoms with Crippen molar-refractivity contribution in [2.45, 2.75) is 0 Å². The molecule has 0 spiro atoms. The van der Waals surface area contributed by atoms with Crippen LogP contribution in [0.2, 0.25) is 0 Å². The molecule has 2 heterocycles. The molecular weight excluding hydrogens is 282 g/mol. The first-order chi connectivity index (χ1) is 8.79. The summed E-state index contributed by atoms with van der Waals surface area (Å²) in [4.78, 5) is 12.7. The standard InChI is InChI=1S/C13H11NOS3/c15-13(14-5-6-16)11-7-10-12(18-11)8-3-1-2-4-9(8)17-10/h1-4,7,16H,5-6H2,(H,14,15). The van der Waals surface area contributed by atoms with E-state index in [2.05, 4.69) is 30.1 Å². The van der Waals surface area contributed by atoms with Crippen molar-refractivity contribution in [2.75, 3.05) is 12.3 Å². The molecular formula is C13H11NOS3. The molecule has 0 saturated heterocycles. The fraction of sp³-hybridized carbons (Fsp3) is 0.154. The smallest absolute Gasteiger partial charge is 0.261 e. The monoisotopic (exact) mass is 293 g/mol. The van der Waals surface area contributed by atoms with Gasteiger partial charge in [0, 0.05) is 27.1 Å². The Balaban J connectivity index is 2.04. The van der Waals surface area contributed by atoms with Crippen LogP contribution >= 0.6 is 35.3 Å². The Kier molecular flexibility index (Phi) is 3.28. The van der Waals surface area contributed by atoms with Crippen molar-refractivity contribution in [3.63, 3.8) is 0 Å². The summed E-state index contributed by atoms with van der Waals surface area (Å²) in [7, 11) is 0. The molecule has 1 amide bonds. The van der Waals surface area contributed by atoms with Gasteiger partial charge in [-0.05, 0) is 12.1 Å². The zero-order chi connectivity index (χ0) is 12.5. The van der Waals surface area contributed by atoms with Gasteiger partial charge in [-0.3, -0.25) is 4.79 Å². The van der Waals surface area contributed by atoms with Gasteiger partial charge in [-0.15, -0.1) is 22.7 Å². The van der Waals surface area contributed by atoms with E-state index < -0.39 is 0 Å². The van der Waals surface area contributed by atoms with Gasteiger partial charge >= 0.3 is 0 Å². The highest BCUT2D eigenvalue weighted by Gasteiger charge is 2.13. The summed E-state index contributed by atoms with van der Waals surface area (Å²) in [6.07, 6.45) is 0. The lowest BCUT2D eigenvalue weighted by Gasteiger charge is -1.98. The zero-order valence-corrected chi connectivity index (χ0v) is 12.0. The second-order valence-corrected chi connectivity index (χ2v) is 6.46. The van der Waals surface area contributed by atoms with Crippen LogP contribution in [0.1, 0.15) is 9.67 Å². The van der Waals surface area contributed by atoms with Crippen molar-refractivity contribution in [1.29, 1.82) is 0 Å². The van der Waals surface area contributed by atoms with Crippen LogP contribution in [0, 0.1) is 0 Å². The first-order valence-corrected chi connectivity index (χ1v) is 7.86. The number of amides is 1. The first-order valence-electron chi connectivity index (χ1n) is 5.60. The number of carbonyl (C=O) groups is 1.